The van der Waals surface area contributed by atoms with E-state index in [1.807, 2.05) is 48.5 Å². The summed E-state index contributed by atoms with van der Waals surface area (Å²) in [6.45, 7) is -0.188. The Morgan fingerprint density at radius 3 is 2.42 bits per heavy atom. The van der Waals surface area contributed by atoms with E-state index < -0.39 is 11.8 Å². The summed E-state index contributed by atoms with van der Waals surface area (Å²) in [5.74, 6) is 0.512. The molecule has 3 aromatic carbocycles. The van der Waals surface area contributed by atoms with Crippen LogP contribution in [-0.2, 0) is 10.5 Å². The van der Waals surface area contributed by atoms with E-state index in [1.165, 1.54) is 4.70 Å². The number of nitrogens with one attached hydrogen (secondary N) is 2. The first-order valence-corrected chi connectivity index (χ1v) is 11.3. The number of aromatic nitrogens is 1. The van der Waals surface area contributed by atoms with Gasteiger partial charge in [0.05, 0.1) is 10.2 Å². The van der Waals surface area contributed by atoms with Crippen molar-refractivity contribution < 1.29 is 14.3 Å². The minimum atomic E-state index is -0.443. The van der Waals surface area contributed by atoms with E-state index in [2.05, 4.69) is 21.9 Å². The Labute approximate surface area is 187 Å². The number of ether oxygens (including phenoxy) is 1. The maximum Gasteiger partial charge on any atom is 0.276 e. The van der Waals surface area contributed by atoms with Crippen molar-refractivity contribution in [3.05, 3.63) is 90.0 Å². The number of benzene rings is 3. The van der Waals surface area contributed by atoms with Crippen molar-refractivity contribution in [2.45, 2.75) is 10.1 Å². The highest BCUT2D eigenvalue weighted by Crippen LogP contribution is 2.31. The minimum Gasteiger partial charge on any atom is -0.484 e. The number of carbonyl (C=O) groups excluding carboxylic acids is 2. The molecule has 0 aliphatic carbocycles. The average Bonchev–Trinajstić information content (AvgIpc) is 3.24. The van der Waals surface area contributed by atoms with E-state index in [0.717, 1.165) is 21.2 Å². The lowest BCUT2D eigenvalue weighted by atomic mass is 10.1. The lowest BCUT2D eigenvalue weighted by Gasteiger charge is -2.09. The van der Waals surface area contributed by atoms with Crippen LogP contribution in [0.4, 0.5) is 0 Å². The molecule has 156 valence electrons. The third-order valence-electron chi connectivity index (χ3n) is 4.28. The van der Waals surface area contributed by atoms with Crippen LogP contribution in [0.3, 0.4) is 0 Å². The molecule has 0 fully saturated rings. The van der Waals surface area contributed by atoms with Gasteiger partial charge in [0.1, 0.15) is 5.75 Å². The van der Waals surface area contributed by atoms with Gasteiger partial charge in [0.15, 0.2) is 10.9 Å². The van der Waals surface area contributed by atoms with Gasteiger partial charge >= 0.3 is 0 Å². The Hall–Kier alpha value is -3.36. The summed E-state index contributed by atoms with van der Waals surface area (Å²) in [7, 11) is 0. The molecule has 0 saturated heterocycles. The van der Waals surface area contributed by atoms with Gasteiger partial charge in [-0.2, -0.15) is 0 Å². The molecular formula is C23H19N3O3S2. The lowest BCUT2D eigenvalue weighted by Crippen LogP contribution is -2.43. The molecule has 0 atom stereocenters. The second-order valence-electron chi connectivity index (χ2n) is 6.54. The summed E-state index contributed by atoms with van der Waals surface area (Å²) in [4.78, 5) is 28.7. The first-order chi connectivity index (χ1) is 15.2. The molecule has 6 nitrogen and oxygen atoms in total. The van der Waals surface area contributed by atoms with E-state index in [-0.39, 0.29) is 6.61 Å². The molecule has 4 aromatic rings. The molecular weight excluding hydrogens is 430 g/mol. The number of fused-ring (bicyclic) bond motifs is 1. The molecule has 2 N–H and O–H groups in total. The highest BCUT2D eigenvalue weighted by molar-refractivity contribution is 8.00. The standard InChI is InChI=1S/C23H19N3O3S2/c27-21(14-29-18-6-2-1-3-7-18)25-26-22(28)17-12-10-16(11-13-17)15-30-23-24-19-8-4-5-9-20(19)31-23/h1-13H,14-15H2,(H,25,27)(H,26,28). The van der Waals surface area contributed by atoms with Gasteiger partial charge in [-0.25, -0.2) is 4.98 Å². The first-order valence-electron chi connectivity index (χ1n) is 9.52. The van der Waals surface area contributed by atoms with Gasteiger partial charge in [-0.1, -0.05) is 54.2 Å². The zero-order valence-electron chi connectivity index (χ0n) is 16.4. The maximum atomic E-state index is 12.2. The number of para-hydroxylation sites is 2. The quantitative estimate of drug-likeness (QED) is 0.322. The van der Waals surface area contributed by atoms with Crippen molar-refractivity contribution in [3.8, 4) is 5.75 Å². The molecule has 0 aliphatic rings. The molecule has 0 aliphatic heterocycles. The topological polar surface area (TPSA) is 80.3 Å². The normalized spacial score (nSPS) is 10.6. The Morgan fingerprint density at radius 1 is 0.903 bits per heavy atom. The molecule has 8 heteroatoms. The lowest BCUT2D eigenvalue weighted by molar-refractivity contribution is -0.123. The molecule has 0 radical (unpaired) electrons. The second-order valence-corrected chi connectivity index (χ2v) is 8.79. The van der Waals surface area contributed by atoms with Crippen molar-refractivity contribution in [1.82, 2.24) is 15.8 Å². The Kier molecular flexibility index (Phi) is 6.81. The Balaban J connectivity index is 1.23. The van der Waals surface area contributed by atoms with Gasteiger partial charge in [-0.3, -0.25) is 20.4 Å². The first kappa shape index (κ1) is 20.9. The SMILES string of the molecule is O=C(COc1ccccc1)NNC(=O)c1ccc(CSc2nc3ccccc3s2)cc1. The van der Waals surface area contributed by atoms with Crippen molar-refractivity contribution in [1.29, 1.82) is 0 Å². The molecule has 0 bridgehead atoms. The van der Waals surface area contributed by atoms with Crippen molar-refractivity contribution in [2.24, 2.45) is 0 Å². The average molecular weight is 450 g/mol. The molecule has 0 saturated carbocycles. The number of hydrogen-bond donors (Lipinski definition) is 2. The summed E-state index contributed by atoms with van der Waals surface area (Å²) in [5.41, 5.74) is 7.30. The number of thioether (sulfide) groups is 1. The van der Waals surface area contributed by atoms with Gasteiger partial charge in [-0.15, -0.1) is 11.3 Å². The Morgan fingerprint density at radius 2 is 1.65 bits per heavy atom. The van der Waals surface area contributed by atoms with Gasteiger partial charge in [0.2, 0.25) is 0 Å². The van der Waals surface area contributed by atoms with Crippen molar-refractivity contribution in [3.63, 3.8) is 0 Å². The van der Waals surface area contributed by atoms with Crippen molar-refractivity contribution in [2.75, 3.05) is 6.61 Å². The molecule has 1 aromatic heterocycles. The van der Waals surface area contributed by atoms with Gasteiger partial charge < -0.3 is 4.74 Å². The predicted molar refractivity (Wildman–Crippen MR) is 123 cm³/mol. The smallest absolute Gasteiger partial charge is 0.276 e. The number of hydrazine groups is 1. The summed E-state index contributed by atoms with van der Waals surface area (Å²) in [6.07, 6.45) is 0. The number of nitrogens with zero attached hydrogens (tertiary/aromatic N) is 1. The van der Waals surface area contributed by atoms with Gasteiger partial charge in [0, 0.05) is 11.3 Å². The number of amides is 2. The van der Waals surface area contributed by atoms with E-state index in [1.54, 1.807) is 47.4 Å². The summed E-state index contributed by atoms with van der Waals surface area (Å²) in [6, 6.07) is 24.3. The number of hydrogen-bond acceptors (Lipinski definition) is 6. The zero-order chi connectivity index (χ0) is 21.5. The van der Waals surface area contributed by atoms with Crippen LogP contribution in [-0.4, -0.2) is 23.4 Å². The van der Waals surface area contributed by atoms with Crippen LogP contribution in [0.2, 0.25) is 0 Å². The highest BCUT2D eigenvalue weighted by Gasteiger charge is 2.09. The summed E-state index contributed by atoms with van der Waals surface area (Å²) in [5, 5.41) is 0. The van der Waals surface area contributed by atoms with Crippen LogP contribution < -0.4 is 15.6 Å². The van der Waals surface area contributed by atoms with Crippen LogP contribution >= 0.6 is 23.1 Å². The third-order valence-corrected chi connectivity index (χ3v) is 6.53. The van der Waals surface area contributed by atoms with Crippen LogP contribution in [0.25, 0.3) is 10.2 Å². The van der Waals surface area contributed by atoms with Crippen LogP contribution in [0.5, 0.6) is 5.75 Å². The second kappa shape index (κ2) is 10.1. The van der Waals surface area contributed by atoms with Gasteiger partial charge in [-0.05, 0) is 42.0 Å². The maximum absolute atomic E-state index is 12.2. The molecule has 2 amide bonds. The van der Waals surface area contributed by atoms with Crippen molar-refractivity contribution >= 4 is 45.1 Å². The zero-order valence-corrected chi connectivity index (χ0v) is 18.0. The molecule has 0 unspecified atom stereocenters. The van der Waals surface area contributed by atoms with E-state index >= 15 is 0 Å². The summed E-state index contributed by atoms with van der Waals surface area (Å²) < 4.78 is 7.53. The third kappa shape index (κ3) is 5.84. The predicted octanol–water partition coefficient (Wildman–Crippen LogP) is 4.43. The van der Waals surface area contributed by atoms with Crippen LogP contribution in [0, 0.1) is 0 Å². The van der Waals surface area contributed by atoms with Crippen LogP contribution in [0.15, 0.2) is 83.2 Å². The fourth-order valence-corrected chi connectivity index (χ4v) is 4.73. The largest absolute Gasteiger partial charge is 0.484 e. The number of rotatable bonds is 7. The van der Waals surface area contributed by atoms with Crippen LogP contribution in [0.1, 0.15) is 15.9 Å². The monoisotopic (exact) mass is 449 g/mol. The van der Waals surface area contributed by atoms with Gasteiger partial charge in [0.25, 0.3) is 11.8 Å². The summed E-state index contributed by atoms with van der Waals surface area (Å²) >= 11 is 3.34. The number of thiazole rings is 1. The molecule has 31 heavy (non-hydrogen) atoms. The minimum absolute atomic E-state index is 0.188. The van der Waals surface area contributed by atoms with E-state index in [9.17, 15) is 9.59 Å². The van der Waals surface area contributed by atoms with E-state index in [0.29, 0.717) is 11.3 Å². The fourth-order valence-electron chi connectivity index (χ4n) is 2.71. The molecule has 1 heterocycles. The number of carbonyl (C=O) groups is 2. The van der Waals surface area contributed by atoms with E-state index in [4.69, 9.17) is 4.74 Å². The Bertz CT molecular complexity index is 1140. The fraction of sp³-hybridized carbons (Fsp3) is 0.0870. The highest BCUT2D eigenvalue weighted by atomic mass is 32.2. The molecule has 0 spiro atoms. The molecule has 4 rings (SSSR count).